The van der Waals surface area contributed by atoms with Gasteiger partial charge in [0.25, 0.3) is 11.8 Å². The zero-order chi connectivity index (χ0) is 49.7. The minimum atomic E-state index is -2.79. The maximum Gasteiger partial charge on any atom is 0.262 e. The van der Waals surface area contributed by atoms with Gasteiger partial charge in [-0.15, -0.1) is 0 Å². The molecule has 0 saturated carbocycles. The van der Waals surface area contributed by atoms with Crippen molar-refractivity contribution in [2.45, 2.75) is 57.5 Å². The van der Waals surface area contributed by atoms with E-state index in [9.17, 15) is 28.5 Å². The van der Waals surface area contributed by atoms with Crippen molar-refractivity contribution in [3.63, 3.8) is 0 Å². The second-order valence-corrected chi connectivity index (χ2v) is 23.2. The number of piperidine rings is 2. The lowest BCUT2D eigenvalue weighted by molar-refractivity contribution is -0.136. The zero-order valence-electron chi connectivity index (χ0n) is 40.1. The largest absolute Gasteiger partial charge is 0.494 e. The molecule has 5 aliphatic rings. The van der Waals surface area contributed by atoms with E-state index in [0.29, 0.717) is 82.7 Å². The Kier molecular flexibility index (Phi) is 13.3. The molecule has 5 amide bonds. The number of anilines is 6. The van der Waals surface area contributed by atoms with Crippen LogP contribution in [0.5, 0.6) is 5.75 Å². The molecule has 71 heavy (non-hydrogen) atoms. The number of nitrogens with one attached hydrogen (secondary N) is 3. The van der Waals surface area contributed by atoms with Crippen LogP contribution in [0, 0.1) is 5.92 Å². The first-order chi connectivity index (χ1) is 34.2. The topological polar surface area (TPSA) is 216 Å². The number of aryl methyl sites for hydroxylation is 1. The van der Waals surface area contributed by atoms with Crippen molar-refractivity contribution >= 4 is 103 Å². The standard InChI is InChI=1S/C50H56BrN12O7P/c1-5-30-23-38(56-50-54-26-35(51)46(58-50)55-37-9-8-36-44(53-15-14-52-36)45(37)71(3,4)69)41(70-2)25-40(30)60-16-12-31(13-17-60)59-18-20-61(21-19-59)43(65)22-29-27-62(28-29)32-6-7-33-34(24-32)49(68)63(48(33)67)39-10-11-42(64)57-47(39)66/h6-9,14-15,23-26,29,31,39H,5,10-13,16-22,27-28H2,1-4H3,(H,57,64,66)(H2,54,55,56,58). The van der Waals surface area contributed by atoms with E-state index in [2.05, 4.69) is 80.6 Å². The van der Waals surface area contributed by atoms with Crippen molar-refractivity contribution < 1.29 is 33.3 Å². The van der Waals surface area contributed by atoms with Crippen molar-refractivity contribution in [1.29, 1.82) is 0 Å². The van der Waals surface area contributed by atoms with Gasteiger partial charge >= 0.3 is 0 Å². The molecular weight excluding hydrogens is 992 g/mol. The summed E-state index contributed by atoms with van der Waals surface area (Å²) in [7, 11) is -1.13. The highest BCUT2D eigenvalue weighted by molar-refractivity contribution is 9.10. The third kappa shape index (κ3) is 9.56. The number of halogens is 1. The molecule has 5 aromatic rings. The summed E-state index contributed by atoms with van der Waals surface area (Å²) in [5.74, 6) is -0.234. The Morgan fingerprint density at radius 3 is 2.32 bits per heavy atom. The summed E-state index contributed by atoms with van der Waals surface area (Å²) < 4.78 is 20.1. The van der Waals surface area contributed by atoms with Gasteiger partial charge in [-0.05, 0) is 96.9 Å². The number of ether oxygens (including phenoxy) is 1. The van der Waals surface area contributed by atoms with E-state index >= 15 is 0 Å². The van der Waals surface area contributed by atoms with Gasteiger partial charge < -0.3 is 34.6 Å². The number of benzene rings is 3. The highest BCUT2D eigenvalue weighted by atomic mass is 79.9. The zero-order valence-corrected chi connectivity index (χ0v) is 42.6. The number of hydrogen-bond acceptors (Lipinski definition) is 16. The number of rotatable bonds is 13. The summed E-state index contributed by atoms with van der Waals surface area (Å²) in [5.41, 5.74) is 6.23. The Morgan fingerprint density at radius 1 is 0.859 bits per heavy atom. The van der Waals surface area contributed by atoms with Crippen LogP contribution in [0.2, 0.25) is 0 Å². The summed E-state index contributed by atoms with van der Waals surface area (Å²) in [5, 5.41) is 9.59. The van der Waals surface area contributed by atoms with Crippen LogP contribution in [-0.2, 0) is 25.4 Å². The second-order valence-electron chi connectivity index (χ2n) is 19.2. The first-order valence-corrected chi connectivity index (χ1v) is 27.5. The van der Waals surface area contributed by atoms with Crippen LogP contribution in [0.15, 0.2) is 65.5 Å². The predicted molar refractivity (Wildman–Crippen MR) is 274 cm³/mol. The molecule has 0 aliphatic carbocycles. The maximum absolute atomic E-state index is 13.6. The van der Waals surface area contributed by atoms with E-state index in [1.807, 2.05) is 23.1 Å². The third-order valence-electron chi connectivity index (χ3n) is 14.4. The molecule has 3 aromatic carbocycles. The lowest BCUT2D eigenvalue weighted by atomic mass is 9.94. The Bertz CT molecular complexity index is 3020. The maximum atomic E-state index is 13.6. The van der Waals surface area contributed by atoms with Crippen LogP contribution in [0.4, 0.5) is 34.5 Å². The summed E-state index contributed by atoms with van der Waals surface area (Å²) in [6, 6.07) is 12.5. The van der Waals surface area contributed by atoms with Gasteiger partial charge in [0.05, 0.1) is 44.9 Å². The minimum absolute atomic E-state index is 0.0687. The van der Waals surface area contributed by atoms with Gasteiger partial charge in [0, 0.05) is 113 Å². The molecule has 0 radical (unpaired) electrons. The second kappa shape index (κ2) is 19.6. The number of nitrogens with zero attached hydrogens (tertiary/aromatic N) is 9. The summed E-state index contributed by atoms with van der Waals surface area (Å²) in [6.45, 7) is 11.8. The van der Waals surface area contributed by atoms with Crippen molar-refractivity contribution in [3.05, 3.63) is 82.2 Å². The summed E-state index contributed by atoms with van der Waals surface area (Å²) in [4.78, 5) is 92.5. The molecule has 21 heteroatoms. The molecule has 0 spiro atoms. The SMILES string of the molecule is CCc1cc(Nc2ncc(Br)c(Nc3ccc4nccnc4c3P(C)(C)=O)n2)c(OC)cc1N1CCC(N2CCN(C(=O)CC3CN(c4ccc5c(c4)C(=O)N(C4CCC(=O)NC4=O)C5=O)C3)CC2)CC1. The number of carbonyl (C=O) groups excluding carboxylic acids is 5. The van der Waals surface area contributed by atoms with Crippen LogP contribution in [-0.4, -0.2) is 149 Å². The van der Waals surface area contributed by atoms with E-state index < -0.39 is 36.8 Å². The number of piperazine rings is 1. The number of fused-ring (bicyclic) bond motifs is 2. The molecule has 0 bridgehead atoms. The molecule has 10 rings (SSSR count). The van der Waals surface area contributed by atoms with Gasteiger partial charge in [-0.1, -0.05) is 6.92 Å². The fourth-order valence-electron chi connectivity index (χ4n) is 10.6. The summed E-state index contributed by atoms with van der Waals surface area (Å²) >= 11 is 3.59. The van der Waals surface area contributed by atoms with Gasteiger partial charge in [-0.3, -0.25) is 49.1 Å². The van der Waals surface area contributed by atoms with Crippen molar-refractivity contribution in [2.24, 2.45) is 5.92 Å². The first kappa shape index (κ1) is 48.1. The molecule has 2 aromatic heterocycles. The molecular formula is C50H56BrN12O7P. The van der Waals surface area contributed by atoms with E-state index in [1.54, 1.807) is 51.2 Å². The molecule has 4 fully saturated rings. The highest BCUT2D eigenvalue weighted by Crippen LogP contribution is 2.42. The van der Waals surface area contributed by atoms with Gasteiger partial charge in [0.1, 0.15) is 30.3 Å². The molecule has 4 saturated heterocycles. The Labute approximate surface area is 419 Å². The first-order valence-electron chi connectivity index (χ1n) is 24.1. The number of methoxy groups -OCH3 is 1. The Hall–Kier alpha value is -6.50. The Balaban J connectivity index is 0.708. The number of carbonyl (C=O) groups is 5. The fourth-order valence-corrected chi connectivity index (χ4v) is 12.3. The lowest BCUT2D eigenvalue weighted by Crippen LogP contribution is -2.55. The van der Waals surface area contributed by atoms with Gasteiger partial charge in [-0.25, -0.2) is 4.98 Å². The molecule has 19 nitrogen and oxygen atoms in total. The number of amides is 5. The predicted octanol–water partition coefficient (Wildman–Crippen LogP) is 5.53. The number of aromatic nitrogens is 4. The van der Waals surface area contributed by atoms with Gasteiger partial charge in [0.15, 0.2) is 0 Å². The normalized spacial score (nSPS) is 19.3. The fraction of sp³-hybridized carbons (Fsp3) is 0.420. The average molecular weight is 1050 g/mol. The molecule has 370 valence electrons. The molecule has 5 aliphatic heterocycles. The monoisotopic (exact) mass is 1050 g/mol. The van der Waals surface area contributed by atoms with Crippen LogP contribution in [0.25, 0.3) is 11.0 Å². The van der Waals surface area contributed by atoms with E-state index in [1.165, 1.54) is 5.56 Å². The van der Waals surface area contributed by atoms with Crippen LogP contribution in [0.3, 0.4) is 0 Å². The highest BCUT2D eigenvalue weighted by Gasteiger charge is 2.45. The molecule has 3 N–H and O–H groups in total. The summed E-state index contributed by atoms with van der Waals surface area (Å²) in [6.07, 6.45) is 8.35. The molecule has 7 heterocycles. The van der Waals surface area contributed by atoms with E-state index in [0.717, 1.165) is 67.4 Å². The van der Waals surface area contributed by atoms with Crippen molar-refractivity contribution in [1.82, 2.24) is 40.0 Å². The van der Waals surface area contributed by atoms with Crippen molar-refractivity contribution in [3.8, 4) is 5.75 Å². The van der Waals surface area contributed by atoms with E-state index in [4.69, 9.17) is 9.72 Å². The van der Waals surface area contributed by atoms with Gasteiger partial charge in [-0.2, -0.15) is 4.98 Å². The Morgan fingerprint density at radius 2 is 1.61 bits per heavy atom. The van der Waals surface area contributed by atoms with Gasteiger partial charge in [0.2, 0.25) is 23.7 Å². The molecule has 1 unspecified atom stereocenters. The molecule has 1 atom stereocenters. The van der Waals surface area contributed by atoms with Crippen LogP contribution < -0.4 is 35.8 Å². The van der Waals surface area contributed by atoms with Crippen LogP contribution in [0.1, 0.15) is 65.3 Å². The lowest BCUT2D eigenvalue weighted by Gasteiger charge is -2.45. The van der Waals surface area contributed by atoms with E-state index in [-0.39, 0.29) is 35.8 Å². The smallest absolute Gasteiger partial charge is 0.262 e. The minimum Gasteiger partial charge on any atom is -0.494 e. The number of hydrogen-bond donors (Lipinski definition) is 3. The average Bonchev–Trinajstić information content (AvgIpc) is 3.60. The quantitative estimate of drug-likeness (QED) is 0.0977. The van der Waals surface area contributed by atoms with Crippen LogP contribution >= 0.6 is 23.1 Å². The third-order valence-corrected chi connectivity index (χ3v) is 16.5. The number of imide groups is 2. The van der Waals surface area contributed by atoms with Crippen molar-refractivity contribution in [2.75, 3.05) is 93.2 Å².